The number of carbonyl (C=O) groups is 1. The second-order valence-electron chi connectivity index (χ2n) is 10.1. The zero-order chi connectivity index (χ0) is 24.0. The first-order chi connectivity index (χ1) is 15.2. The van der Waals surface area contributed by atoms with Gasteiger partial charge in [-0.05, 0) is 44.1 Å². The van der Waals surface area contributed by atoms with Crippen LogP contribution in [0.5, 0.6) is 0 Å². The van der Waals surface area contributed by atoms with E-state index in [-0.39, 0.29) is 23.0 Å². The summed E-state index contributed by atoms with van der Waals surface area (Å²) < 4.78 is 7.81. The summed E-state index contributed by atoms with van der Waals surface area (Å²) in [6, 6.07) is 1.76. The van der Waals surface area contributed by atoms with Crippen molar-refractivity contribution in [2.75, 3.05) is 6.61 Å². The van der Waals surface area contributed by atoms with Crippen LogP contribution in [0.2, 0.25) is 0 Å². The third kappa shape index (κ3) is 10.9. The highest BCUT2D eigenvalue weighted by atomic mass is 32.1. The van der Waals surface area contributed by atoms with Gasteiger partial charge in [-0.3, -0.25) is 9.78 Å². The van der Waals surface area contributed by atoms with Gasteiger partial charge in [0.15, 0.2) is 0 Å². The van der Waals surface area contributed by atoms with Crippen LogP contribution in [0.3, 0.4) is 0 Å². The van der Waals surface area contributed by atoms with E-state index in [1.165, 1.54) is 38.5 Å². The highest BCUT2D eigenvalue weighted by Gasteiger charge is 2.38. The molecule has 0 aliphatic heterocycles. The summed E-state index contributed by atoms with van der Waals surface area (Å²) >= 11 is 4.95. The van der Waals surface area contributed by atoms with Crippen molar-refractivity contribution in [1.82, 2.24) is 9.55 Å². The summed E-state index contributed by atoms with van der Waals surface area (Å²) in [4.78, 5) is 27.0. The number of aryl methyl sites for hydroxylation is 1. The Balaban J connectivity index is 2.00. The van der Waals surface area contributed by atoms with Crippen molar-refractivity contribution in [2.45, 2.75) is 112 Å². The normalized spacial score (nSPS) is 13.5. The lowest BCUT2D eigenvalue weighted by atomic mass is 9.73. The molecule has 0 amide bonds. The SMILES string of the molecule is CC(C)CC(C)(C(=O)OCCCCCCCCCCCCn1ccc(=S)[nH]c1=O)C(C)C. The molecular formula is C26H46N2O3S. The van der Waals surface area contributed by atoms with Crippen molar-refractivity contribution >= 4 is 18.2 Å². The smallest absolute Gasteiger partial charge is 0.326 e. The fourth-order valence-corrected chi connectivity index (χ4v) is 4.30. The van der Waals surface area contributed by atoms with Gasteiger partial charge in [0.2, 0.25) is 0 Å². The van der Waals surface area contributed by atoms with Crippen molar-refractivity contribution < 1.29 is 9.53 Å². The van der Waals surface area contributed by atoms with Gasteiger partial charge in [-0.25, -0.2) is 4.79 Å². The third-order valence-electron chi connectivity index (χ3n) is 6.50. The van der Waals surface area contributed by atoms with Gasteiger partial charge in [0.05, 0.1) is 12.0 Å². The van der Waals surface area contributed by atoms with E-state index >= 15 is 0 Å². The standard InChI is InChI=1S/C26H46N2O3S/c1-21(2)20-26(5,22(3)4)24(29)31-19-15-13-11-9-7-6-8-10-12-14-17-28-18-16-23(32)27-25(28)30/h16,18,21-22H,6-15,17,19-20H2,1-5H3,(H,27,30,32). The van der Waals surface area contributed by atoms with Gasteiger partial charge in [-0.1, -0.05) is 91.3 Å². The van der Waals surface area contributed by atoms with E-state index in [0.717, 1.165) is 38.6 Å². The maximum atomic E-state index is 12.6. The van der Waals surface area contributed by atoms with Gasteiger partial charge < -0.3 is 9.30 Å². The molecule has 1 unspecified atom stereocenters. The molecule has 1 atom stereocenters. The van der Waals surface area contributed by atoms with Crippen LogP contribution in [0.15, 0.2) is 17.1 Å². The van der Waals surface area contributed by atoms with Crippen molar-refractivity contribution in [2.24, 2.45) is 17.3 Å². The fraction of sp³-hybridized carbons (Fsp3) is 0.808. The molecular weight excluding hydrogens is 420 g/mol. The van der Waals surface area contributed by atoms with Gasteiger partial charge in [0.25, 0.3) is 0 Å². The maximum Gasteiger partial charge on any atom is 0.326 e. The monoisotopic (exact) mass is 466 g/mol. The molecule has 0 saturated heterocycles. The first kappa shape index (κ1) is 28.6. The van der Waals surface area contributed by atoms with Crippen molar-refractivity contribution in [3.8, 4) is 0 Å². The Labute approximate surface area is 200 Å². The van der Waals surface area contributed by atoms with E-state index < -0.39 is 0 Å². The number of unbranched alkanes of at least 4 members (excludes halogenated alkanes) is 9. The zero-order valence-corrected chi connectivity index (χ0v) is 21.9. The first-order valence-electron chi connectivity index (χ1n) is 12.6. The zero-order valence-electron chi connectivity index (χ0n) is 21.1. The van der Waals surface area contributed by atoms with E-state index in [1.807, 2.05) is 0 Å². The Morgan fingerprint density at radius 3 is 2.03 bits per heavy atom. The number of ether oxygens (including phenoxy) is 1. The maximum absolute atomic E-state index is 12.6. The summed E-state index contributed by atoms with van der Waals surface area (Å²) in [6.07, 6.45) is 14.4. The van der Waals surface area contributed by atoms with Gasteiger partial charge >= 0.3 is 11.7 Å². The molecule has 0 fully saturated rings. The lowest BCUT2D eigenvalue weighted by Crippen LogP contribution is -2.36. The summed E-state index contributed by atoms with van der Waals surface area (Å²) in [5.74, 6) is 0.751. The van der Waals surface area contributed by atoms with E-state index in [2.05, 4.69) is 39.6 Å². The number of nitrogens with one attached hydrogen (secondary N) is 1. The molecule has 0 aromatic carbocycles. The van der Waals surface area contributed by atoms with Gasteiger partial charge in [0.1, 0.15) is 4.64 Å². The van der Waals surface area contributed by atoms with Gasteiger partial charge in [0, 0.05) is 12.7 Å². The molecule has 0 aliphatic carbocycles. The molecule has 0 spiro atoms. The quantitative estimate of drug-likeness (QED) is 0.152. The highest BCUT2D eigenvalue weighted by Crippen LogP contribution is 2.35. The lowest BCUT2D eigenvalue weighted by molar-refractivity contribution is -0.159. The molecule has 5 nitrogen and oxygen atoms in total. The van der Waals surface area contributed by atoms with E-state index in [1.54, 1.807) is 16.8 Å². The van der Waals surface area contributed by atoms with Crippen LogP contribution in [0.4, 0.5) is 0 Å². The minimum Gasteiger partial charge on any atom is -0.465 e. The van der Waals surface area contributed by atoms with Crippen LogP contribution in [0.25, 0.3) is 0 Å². The summed E-state index contributed by atoms with van der Waals surface area (Å²) in [5.41, 5.74) is -0.491. The van der Waals surface area contributed by atoms with Crippen LogP contribution in [0, 0.1) is 21.9 Å². The molecule has 1 rings (SSSR count). The Kier molecular flexibility index (Phi) is 13.8. The summed E-state index contributed by atoms with van der Waals surface area (Å²) in [5, 5.41) is 0. The van der Waals surface area contributed by atoms with Crippen molar-refractivity contribution in [3.05, 3.63) is 27.4 Å². The molecule has 1 N–H and O–H groups in total. The van der Waals surface area contributed by atoms with Gasteiger partial charge in [-0.2, -0.15) is 0 Å². The van der Waals surface area contributed by atoms with Crippen LogP contribution in [0.1, 0.15) is 105 Å². The van der Waals surface area contributed by atoms with Crippen LogP contribution in [-0.4, -0.2) is 22.1 Å². The number of aromatic nitrogens is 2. The summed E-state index contributed by atoms with van der Waals surface area (Å²) in [6.45, 7) is 11.9. The Hall–Kier alpha value is -1.43. The Morgan fingerprint density at radius 2 is 1.53 bits per heavy atom. The minimum atomic E-state index is -0.376. The predicted molar refractivity (Wildman–Crippen MR) is 135 cm³/mol. The first-order valence-corrected chi connectivity index (χ1v) is 13.0. The number of esters is 1. The van der Waals surface area contributed by atoms with Crippen LogP contribution in [-0.2, 0) is 16.1 Å². The number of rotatable bonds is 17. The molecule has 184 valence electrons. The molecule has 0 radical (unpaired) electrons. The van der Waals surface area contributed by atoms with E-state index in [9.17, 15) is 9.59 Å². The molecule has 32 heavy (non-hydrogen) atoms. The van der Waals surface area contributed by atoms with Crippen LogP contribution < -0.4 is 5.69 Å². The number of hydrogen-bond acceptors (Lipinski definition) is 4. The average molecular weight is 467 g/mol. The number of nitrogens with zero attached hydrogens (tertiary/aromatic N) is 1. The van der Waals surface area contributed by atoms with E-state index in [0.29, 0.717) is 17.2 Å². The molecule has 0 aliphatic rings. The second-order valence-corrected chi connectivity index (χ2v) is 10.6. The lowest BCUT2D eigenvalue weighted by Gasteiger charge is -2.32. The molecule has 1 heterocycles. The average Bonchev–Trinajstić information content (AvgIpc) is 2.71. The van der Waals surface area contributed by atoms with Crippen molar-refractivity contribution in [3.63, 3.8) is 0 Å². The Bertz CT molecular complexity index is 769. The molecule has 0 bridgehead atoms. The molecule has 1 aromatic heterocycles. The molecule has 6 heteroatoms. The minimum absolute atomic E-state index is 0.0263. The number of carbonyl (C=O) groups excluding carboxylic acids is 1. The van der Waals surface area contributed by atoms with Crippen LogP contribution >= 0.6 is 12.2 Å². The number of hydrogen-bond donors (Lipinski definition) is 1. The predicted octanol–water partition coefficient (Wildman–Crippen LogP) is 7.06. The number of H-pyrrole nitrogens is 1. The fourth-order valence-electron chi connectivity index (χ4n) is 4.15. The number of aromatic amines is 1. The highest BCUT2D eigenvalue weighted by molar-refractivity contribution is 7.71. The second kappa shape index (κ2) is 15.4. The molecule has 1 aromatic rings. The summed E-state index contributed by atoms with van der Waals surface area (Å²) in [7, 11) is 0. The largest absolute Gasteiger partial charge is 0.465 e. The molecule has 0 saturated carbocycles. The Morgan fingerprint density at radius 1 is 1.00 bits per heavy atom. The van der Waals surface area contributed by atoms with Crippen molar-refractivity contribution in [1.29, 1.82) is 0 Å². The van der Waals surface area contributed by atoms with Gasteiger partial charge in [-0.15, -0.1) is 0 Å². The van der Waals surface area contributed by atoms with E-state index in [4.69, 9.17) is 17.0 Å². The third-order valence-corrected chi connectivity index (χ3v) is 6.73. The topological polar surface area (TPSA) is 64.1 Å².